The van der Waals surface area contributed by atoms with Crippen molar-refractivity contribution in [1.82, 2.24) is 0 Å². The Balaban J connectivity index is 0. The summed E-state index contributed by atoms with van der Waals surface area (Å²) in [5, 5.41) is 20.7. The Morgan fingerprint density at radius 2 is 1.38 bits per heavy atom. The van der Waals surface area contributed by atoms with Gasteiger partial charge in [-0.3, -0.25) is 0 Å². The van der Waals surface area contributed by atoms with E-state index in [0.29, 0.717) is 5.75 Å². The molecular formula is C34H43CoF6N2O2. The molecule has 11 heteroatoms. The first-order chi connectivity index (χ1) is 19.3. The van der Waals surface area contributed by atoms with Crippen molar-refractivity contribution < 1.29 is 53.3 Å². The van der Waals surface area contributed by atoms with Crippen LogP contribution in [0.3, 0.4) is 0 Å². The summed E-state index contributed by atoms with van der Waals surface area (Å²) in [5.41, 5.74) is 5.57. The maximum atomic E-state index is 11.3. The van der Waals surface area contributed by atoms with Gasteiger partial charge in [-0.15, -0.1) is 0 Å². The van der Waals surface area contributed by atoms with Crippen LogP contribution in [0.15, 0.2) is 78.4 Å². The maximum absolute atomic E-state index is 11.3. The Labute approximate surface area is 273 Å². The Morgan fingerprint density at radius 1 is 0.844 bits per heavy atom. The van der Waals surface area contributed by atoms with Gasteiger partial charge in [-0.05, 0) is 52.5 Å². The molecule has 0 heterocycles. The van der Waals surface area contributed by atoms with Gasteiger partial charge in [0.2, 0.25) is 0 Å². The van der Waals surface area contributed by atoms with E-state index in [1.807, 2.05) is 6.07 Å². The van der Waals surface area contributed by atoms with Crippen molar-refractivity contribution in [3.63, 3.8) is 0 Å². The molecule has 0 bridgehead atoms. The quantitative estimate of drug-likeness (QED) is 0.293. The van der Waals surface area contributed by atoms with Gasteiger partial charge in [-0.1, -0.05) is 114 Å². The normalized spacial score (nSPS) is 16.0. The second kappa shape index (κ2) is 17.8. The molecule has 0 radical (unpaired) electrons. The Hall–Kier alpha value is -2.83. The molecule has 2 aromatic rings. The van der Waals surface area contributed by atoms with Gasteiger partial charge in [0.25, 0.3) is 0 Å². The van der Waals surface area contributed by atoms with Crippen molar-refractivity contribution >= 4 is 12.2 Å². The summed E-state index contributed by atoms with van der Waals surface area (Å²) < 4.78 is 65.5. The topological polar surface area (TPSA) is 110 Å². The molecule has 0 aliphatic heterocycles. The number of hydrogen-bond acceptors (Lipinski definition) is 2. The van der Waals surface area contributed by atoms with Crippen LogP contribution in [0.2, 0.25) is 0 Å². The minimum absolute atomic E-state index is 0. The van der Waals surface area contributed by atoms with Crippen LogP contribution in [0.25, 0.3) is 24.5 Å². The molecule has 4 nitrogen and oxygen atoms in total. The van der Waals surface area contributed by atoms with E-state index in [1.165, 1.54) is 16.7 Å². The third kappa shape index (κ3) is 12.5. The number of phenolic OH excluding ortho intramolecular Hbond substituents is 1. The number of alkyl halides is 6. The monoisotopic (exact) mass is 684 g/mol. The van der Waals surface area contributed by atoms with Crippen molar-refractivity contribution in [2.75, 3.05) is 0 Å². The summed E-state index contributed by atoms with van der Waals surface area (Å²) >= 11 is 0. The van der Waals surface area contributed by atoms with E-state index in [-0.39, 0.29) is 45.8 Å². The van der Waals surface area contributed by atoms with E-state index in [0.717, 1.165) is 24.0 Å². The summed E-state index contributed by atoms with van der Waals surface area (Å²) in [6.07, 6.45) is 1.16. The molecule has 0 amide bonds. The van der Waals surface area contributed by atoms with E-state index in [9.17, 15) is 36.6 Å². The van der Waals surface area contributed by atoms with Gasteiger partial charge in [-0.2, -0.15) is 26.3 Å². The maximum Gasteiger partial charge on any atom is 3.00 e. The van der Waals surface area contributed by atoms with Gasteiger partial charge in [0.1, 0.15) is 5.75 Å². The van der Waals surface area contributed by atoms with Crippen molar-refractivity contribution in [2.45, 2.75) is 83.7 Å². The number of benzene rings is 2. The summed E-state index contributed by atoms with van der Waals surface area (Å²) in [6.45, 7) is 13.4. The van der Waals surface area contributed by atoms with E-state index in [1.54, 1.807) is 0 Å². The average molecular weight is 685 g/mol. The number of rotatable bonds is 7. The first-order valence-electron chi connectivity index (χ1n) is 13.8. The summed E-state index contributed by atoms with van der Waals surface area (Å²) in [4.78, 5) is 0. The van der Waals surface area contributed by atoms with Crippen molar-refractivity contribution in [1.29, 1.82) is 0 Å². The minimum atomic E-state index is -5.74. The molecular weight excluding hydrogens is 641 g/mol. The fraction of sp³-hybridized carbons (Fsp3) is 0.412. The predicted molar refractivity (Wildman–Crippen MR) is 166 cm³/mol. The van der Waals surface area contributed by atoms with Crippen LogP contribution in [-0.4, -0.2) is 23.6 Å². The second-order valence-electron chi connectivity index (χ2n) is 11.6. The summed E-state index contributed by atoms with van der Waals surface area (Å²) in [7, 11) is 0. The van der Waals surface area contributed by atoms with Crippen molar-refractivity contribution in [3.8, 4) is 5.75 Å². The summed E-state index contributed by atoms with van der Waals surface area (Å²) in [6, 6.07) is 14.8. The molecule has 1 atom stereocenters. The van der Waals surface area contributed by atoms with Crippen LogP contribution >= 0.6 is 0 Å². The zero-order chi connectivity index (χ0) is 31.9. The van der Waals surface area contributed by atoms with Crippen LogP contribution in [0.1, 0.15) is 76.6 Å². The number of hydrogen-bond donors (Lipinski definition) is 1. The molecule has 0 spiro atoms. The molecule has 1 aliphatic rings. The fourth-order valence-corrected chi connectivity index (χ4v) is 4.10. The zero-order valence-corrected chi connectivity index (χ0v) is 27.3. The van der Waals surface area contributed by atoms with Crippen LogP contribution in [0, 0.1) is 5.92 Å². The summed E-state index contributed by atoms with van der Waals surface area (Å²) in [5.74, 6) is 0.582. The largest absolute Gasteiger partial charge is 3.00 e. The molecule has 0 saturated carbocycles. The van der Waals surface area contributed by atoms with Crippen molar-refractivity contribution in [3.05, 3.63) is 113 Å². The molecule has 5 N–H and O–H groups in total. The van der Waals surface area contributed by atoms with Crippen LogP contribution in [0.5, 0.6) is 5.75 Å². The van der Waals surface area contributed by atoms with Crippen LogP contribution in [-0.2, 0) is 27.6 Å². The van der Waals surface area contributed by atoms with E-state index in [4.69, 9.17) is 0 Å². The van der Waals surface area contributed by atoms with E-state index in [2.05, 4.69) is 120 Å². The number of phenols is 1. The van der Waals surface area contributed by atoms with Gasteiger partial charge in [0, 0.05) is 17.0 Å². The number of aromatic hydroxyl groups is 1. The second-order valence-corrected chi connectivity index (χ2v) is 11.6. The smallest absolute Gasteiger partial charge is 0.839 e. The third-order valence-corrected chi connectivity index (χ3v) is 7.73. The number of allylic oxidation sites excluding steroid dienone is 6. The third-order valence-electron chi connectivity index (χ3n) is 7.73. The first kappa shape index (κ1) is 44.3. The van der Waals surface area contributed by atoms with Crippen molar-refractivity contribution in [2.24, 2.45) is 5.92 Å². The Bertz CT molecular complexity index is 1300. The molecule has 1 aliphatic carbocycles. The minimum Gasteiger partial charge on any atom is -0.839 e. The number of nitrogens with two attached hydrogens (primary N) is 2. The van der Waals surface area contributed by atoms with E-state index >= 15 is 0 Å². The van der Waals surface area contributed by atoms with Gasteiger partial charge in [0.05, 0.1) is 6.10 Å². The van der Waals surface area contributed by atoms with Gasteiger partial charge >= 0.3 is 29.1 Å². The molecule has 0 aromatic heterocycles. The Morgan fingerprint density at radius 3 is 1.84 bits per heavy atom. The standard InChI is InChI=1S/C31H38O.C3HF6O.Co.2H2N/c1-7-30(3,4)27-21-26(29(32)28(22-27)31(5,6)8-2)20-25-17-13-12-16-24(25)19-18-23-14-10-9-11-15-23;4-2(5,6)1(10)3(7,8)9;;;/h9-22,24,32H,7-8H2,1-6H3;1H;;2*1H2/q;-1;+3;2*-1. The van der Waals surface area contributed by atoms with Gasteiger partial charge in [-0.25, -0.2) is 0 Å². The fourth-order valence-electron chi connectivity index (χ4n) is 4.10. The number of halogens is 6. The SMILES string of the molecule is CCC(C)(C)c1cc(C=C2C=CC=CC2C=Cc2ccccc2)c(O)c(C(C)(C)CC)c1.[Co+3].[NH2-].[NH2-].[O-]C(C(F)(F)F)C(F)(F)F. The van der Waals surface area contributed by atoms with Gasteiger partial charge < -0.3 is 22.5 Å². The molecule has 0 saturated heterocycles. The molecule has 45 heavy (non-hydrogen) atoms. The van der Waals surface area contributed by atoms with E-state index < -0.39 is 18.5 Å². The van der Waals surface area contributed by atoms with Gasteiger partial charge in [0.15, 0.2) is 0 Å². The molecule has 0 fully saturated rings. The first-order valence-corrected chi connectivity index (χ1v) is 13.8. The zero-order valence-electron chi connectivity index (χ0n) is 26.3. The molecule has 2 aromatic carbocycles. The predicted octanol–water partition coefficient (Wildman–Crippen LogP) is 10.9. The molecule has 3 rings (SSSR count). The molecule has 1 unspecified atom stereocenters. The molecule has 252 valence electrons. The Kier molecular flexibility index (Phi) is 17.5. The van der Waals surface area contributed by atoms with Crippen LogP contribution < -0.4 is 5.11 Å². The average Bonchev–Trinajstić information content (AvgIpc) is 2.93. The van der Waals surface area contributed by atoms with Crippen LogP contribution in [0.4, 0.5) is 26.3 Å².